The zero-order valence-corrected chi connectivity index (χ0v) is 6.07. The monoisotopic (exact) mass is 173 g/mol. The van der Waals surface area contributed by atoms with Crippen LogP contribution in [0.15, 0.2) is 18.2 Å². The minimum Gasteiger partial charge on any atom is -0.352 e. The smallest absolute Gasteiger partial charge is 0.301 e. The van der Waals surface area contributed by atoms with Crippen LogP contribution >= 0.6 is 0 Å². The second-order valence-corrected chi connectivity index (χ2v) is 2.72. The Morgan fingerprint density at radius 3 is 2.58 bits per heavy atom. The molecule has 0 saturated heterocycles. The molecule has 2 rings (SSSR count). The molecule has 1 aromatic rings. The second kappa shape index (κ2) is 2.15. The van der Waals surface area contributed by atoms with Crippen LogP contribution < -0.4 is 5.32 Å². The van der Waals surface area contributed by atoms with Crippen LogP contribution in [0, 0.1) is 0 Å². The van der Waals surface area contributed by atoms with Crippen molar-refractivity contribution in [3.63, 3.8) is 0 Å². The zero-order chi connectivity index (χ0) is 8.77. The summed E-state index contributed by atoms with van der Waals surface area (Å²) in [4.78, 5) is 0. The lowest BCUT2D eigenvalue weighted by Crippen LogP contribution is -2.14. The van der Waals surface area contributed by atoms with Crippen molar-refractivity contribution in [2.24, 2.45) is 0 Å². The normalized spacial score (nSPS) is 13.6. The summed E-state index contributed by atoms with van der Waals surface area (Å²) in [6.45, 7) is -1.65. The van der Waals surface area contributed by atoms with Crippen molar-refractivity contribution in [3.8, 4) is 0 Å². The van der Waals surface area contributed by atoms with Gasteiger partial charge in [0.1, 0.15) is 0 Å². The maximum Gasteiger partial charge on any atom is 0.301 e. The molecule has 1 nitrogen and oxygen atoms in total. The minimum absolute atomic E-state index is 0.270. The van der Waals surface area contributed by atoms with Gasteiger partial charge in [0.15, 0.2) is 6.67 Å². The number of anilines is 2. The van der Waals surface area contributed by atoms with Crippen molar-refractivity contribution in [1.82, 2.24) is 0 Å². The van der Waals surface area contributed by atoms with Crippen molar-refractivity contribution in [2.45, 2.75) is 5.92 Å². The van der Waals surface area contributed by atoms with E-state index in [1.807, 2.05) is 0 Å². The Balaban J connectivity index is 2.35. The van der Waals surface area contributed by atoms with Gasteiger partial charge in [-0.3, -0.25) is 0 Å². The number of halogens is 3. The third-order valence-corrected chi connectivity index (χ3v) is 1.82. The van der Waals surface area contributed by atoms with Gasteiger partial charge in [0.25, 0.3) is 0 Å². The van der Waals surface area contributed by atoms with Gasteiger partial charge in [0.05, 0.1) is 11.4 Å². The Kier molecular flexibility index (Phi) is 1.34. The van der Waals surface area contributed by atoms with E-state index in [0.29, 0.717) is 5.69 Å². The van der Waals surface area contributed by atoms with Crippen LogP contribution in [-0.2, 0) is 5.92 Å². The molecule has 0 atom stereocenters. The fourth-order valence-electron chi connectivity index (χ4n) is 1.04. The highest BCUT2D eigenvalue weighted by Gasteiger charge is 2.33. The average molecular weight is 173 g/mol. The molecule has 0 amide bonds. The Labute approximate surface area is 67.2 Å². The Morgan fingerprint density at radius 1 is 1.25 bits per heavy atom. The number of hydrogen-bond donors (Lipinski definition) is 1. The number of rotatable bonds is 2. The lowest BCUT2D eigenvalue weighted by atomic mass is 10.1. The fourth-order valence-corrected chi connectivity index (χ4v) is 1.04. The molecule has 1 aliphatic heterocycles. The van der Waals surface area contributed by atoms with Gasteiger partial charge < -0.3 is 5.32 Å². The predicted molar refractivity (Wildman–Crippen MR) is 39.6 cm³/mol. The highest BCUT2D eigenvalue weighted by Crippen LogP contribution is 2.42. The van der Waals surface area contributed by atoms with Gasteiger partial charge in [-0.1, -0.05) is 6.07 Å². The molecule has 1 aromatic carbocycles. The molecule has 1 heterocycles. The SMILES string of the molecule is FCC(F)(F)c1ccc2c(c1)N2. The first kappa shape index (κ1) is 7.46. The third-order valence-electron chi connectivity index (χ3n) is 1.82. The van der Waals surface area contributed by atoms with Crippen molar-refractivity contribution in [3.05, 3.63) is 23.8 Å². The predicted octanol–water partition coefficient (Wildman–Crippen LogP) is 2.80. The van der Waals surface area contributed by atoms with Crippen LogP contribution in [0.1, 0.15) is 5.56 Å². The van der Waals surface area contributed by atoms with E-state index in [2.05, 4.69) is 5.32 Å². The van der Waals surface area contributed by atoms with Gasteiger partial charge in [0.2, 0.25) is 0 Å². The minimum atomic E-state index is -3.35. The Bertz CT molecular complexity index is 322. The maximum absolute atomic E-state index is 12.7. The number of hydrogen-bond acceptors (Lipinski definition) is 1. The van der Waals surface area contributed by atoms with Crippen molar-refractivity contribution in [1.29, 1.82) is 0 Å². The number of benzene rings is 1. The third kappa shape index (κ3) is 1.03. The van der Waals surface area contributed by atoms with Gasteiger partial charge >= 0.3 is 5.92 Å². The van der Waals surface area contributed by atoms with E-state index < -0.39 is 12.6 Å². The molecule has 0 aromatic heterocycles. The zero-order valence-electron chi connectivity index (χ0n) is 6.07. The summed E-state index contributed by atoms with van der Waals surface area (Å²) < 4.78 is 37.2. The highest BCUT2D eigenvalue weighted by molar-refractivity contribution is 5.90. The number of fused-ring (bicyclic) bond motifs is 1. The van der Waals surface area contributed by atoms with Crippen LogP contribution in [-0.4, -0.2) is 6.67 Å². The summed E-state index contributed by atoms with van der Waals surface area (Å²) in [5.41, 5.74) is 1.24. The molecule has 0 unspecified atom stereocenters. The molecular weight excluding hydrogens is 167 g/mol. The Hall–Kier alpha value is -1.19. The van der Waals surface area contributed by atoms with Crippen molar-refractivity contribution >= 4 is 11.4 Å². The van der Waals surface area contributed by atoms with Crippen LogP contribution in [0.4, 0.5) is 24.5 Å². The first-order valence-corrected chi connectivity index (χ1v) is 3.49. The van der Waals surface area contributed by atoms with Gasteiger partial charge in [-0.25, -0.2) is 4.39 Å². The van der Waals surface area contributed by atoms with Gasteiger partial charge in [-0.15, -0.1) is 0 Å². The molecule has 12 heavy (non-hydrogen) atoms. The maximum atomic E-state index is 12.7. The van der Waals surface area contributed by atoms with Crippen LogP contribution in [0.3, 0.4) is 0 Å². The lowest BCUT2D eigenvalue weighted by Gasteiger charge is -2.10. The summed E-state index contributed by atoms with van der Waals surface area (Å²) in [5, 5.41) is 2.77. The molecule has 0 spiro atoms. The van der Waals surface area contributed by atoms with Gasteiger partial charge in [0, 0.05) is 5.56 Å². The van der Waals surface area contributed by atoms with E-state index in [4.69, 9.17) is 0 Å². The van der Waals surface area contributed by atoms with Crippen LogP contribution in [0.2, 0.25) is 0 Å². The molecule has 1 N–H and O–H groups in total. The van der Waals surface area contributed by atoms with Crippen molar-refractivity contribution < 1.29 is 13.2 Å². The Morgan fingerprint density at radius 2 is 2.00 bits per heavy atom. The average Bonchev–Trinajstić information content (AvgIpc) is 2.81. The molecule has 0 fully saturated rings. The summed E-state index contributed by atoms with van der Waals surface area (Å²) in [7, 11) is 0. The molecule has 64 valence electrons. The summed E-state index contributed by atoms with van der Waals surface area (Å²) in [6, 6.07) is 4.03. The molecule has 0 aliphatic carbocycles. The largest absolute Gasteiger partial charge is 0.352 e. The summed E-state index contributed by atoms with van der Waals surface area (Å²) >= 11 is 0. The van der Waals surface area contributed by atoms with E-state index in [1.165, 1.54) is 18.2 Å². The molecular formula is C8H6F3N. The van der Waals surface area contributed by atoms with Crippen molar-refractivity contribution in [2.75, 3.05) is 12.0 Å². The quantitative estimate of drug-likeness (QED) is 0.693. The standard InChI is InChI=1S/C8H6F3N/c9-4-8(10,11)5-1-2-6-7(3-5)12-6/h1-3,12H,4H2. The topological polar surface area (TPSA) is 21.9 Å². The number of alkyl halides is 3. The van der Waals surface area contributed by atoms with Gasteiger partial charge in [-0.2, -0.15) is 8.78 Å². The molecule has 1 aliphatic rings. The molecule has 0 bridgehead atoms. The molecule has 0 radical (unpaired) electrons. The second-order valence-electron chi connectivity index (χ2n) is 2.72. The van der Waals surface area contributed by atoms with Crippen LogP contribution in [0.25, 0.3) is 0 Å². The van der Waals surface area contributed by atoms with E-state index in [9.17, 15) is 13.2 Å². The summed E-state index contributed by atoms with van der Waals surface area (Å²) in [5.74, 6) is -3.35. The number of nitrogens with one attached hydrogen (secondary N) is 1. The van der Waals surface area contributed by atoms with E-state index in [0.717, 1.165) is 5.69 Å². The van der Waals surface area contributed by atoms with E-state index in [-0.39, 0.29) is 5.56 Å². The first-order chi connectivity index (χ1) is 5.63. The highest BCUT2D eigenvalue weighted by atomic mass is 19.3. The van der Waals surface area contributed by atoms with Crippen LogP contribution in [0.5, 0.6) is 0 Å². The fraction of sp³-hybridized carbons (Fsp3) is 0.250. The summed E-state index contributed by atoms with van der Waals surface area (Å²) in [6.07, 6.45) is 0. The molecule has 4 heteroatoms. The lowest BCUT2D eigenvalue weighted by molar-refractivity contribution is -0.0279. The molecule has 0 saturated carbocycles. The first-order valence-electron chi connectivity index (χ1n) is 3.49. The van der Waals surface area contributed by atoms with E-state index >= 15 is 0 Å². The van der Waals surface area contributed by atoms with E-state index in [1.54, 1.807) is 0 Å². The van der Waals surface area contributed by atoms with Gasteiger partial charge in [-0.05, 0) is 12.1 Å².